The lowest BCUT2D eigenvalue weighted by atomic mass is 10.1. The van der Waals surface area contributed by atoms with Crippen molar-refractivity contribution >= 4 is 44.3 Å². The number of hydrogen-bond acceptors (Lipinski definition) is 13. The van der Waals surface area contributed by atoms with E-state index < -0.39 is 34.2 Å². The molecule has 0 amide bonds. The molecule has 0 radical (unpaired) electrons. The molecule has 0 bridgehead atoms. The highest BCUT2D eigenvalue weighted by Gasteiger charge is 2.27. The maximum absolute atomic E-state index is 13.1. The molecule has 0 spiro atoms. The van der Waals surface area contributed by atoms with Gasteiger partial charge in [-0.1, -0.05) is 0 Å². The molecule has 0 saturated carbocycles. The van der Waals surface area contributed by atoms with Crippen molar-refractivity contribution in [2.45, 2.75) is 67.3 Å². The Morgan fingerprint density at radius 3 is 1.82 bits per heavy atom. The monoisotopic (exact) mass is 633 g/mol. The number of furan rings is 2. The van der Waals surface area contributed by atoms with Gasteiger partial charge in [-0.05, 0) is 60.6 Å². The van der Waals surface area contributed by atoms with Gasteiger partial charge in [0, 0.05) is 22.9 Å². The standard InChI is InChI=1S/C30H34O13S/c1-8-36-29(31)27-17(7)41-20-12-23(39-15(3)4)22(10-18(20)27)38-14-26-28(30(32)37-9-2)19-11-25(43-44(33,34)35)24(40-16(5)6)13-21(19)42-26/h10-13,15-16H,8-9,14H2,1-7H3,(H,33,34,35)/p-1. The fourth-order valence-electron chi connectivity index (χ4n) is 4.49. The highest BCUT2D eigenvalue weighted by molar-refractivity contribution is 7.81. The summed E-state index contributed by atoms with van der Waals surface area (Å²) in [5.41, 5.74) is 0.646. The molecule has 2 heterocycles. The summed E-state index contributed by atoms with van der Waals surface area (Å²) in [7, 11) is -5.19. The molecule has 0 aliphatic rings. The van der Waals surface area contributed by atoms with Crippen LogP contribution in [0.2, 0.25) is 0 Å². The fourth-order valence-corrected chi connectivity index (χ4v) is 4.84. The number of carbonyl (C=O) groups is 2. The third kappa shape index (κ3) is 7.19. The van der Waals surface area contributed by atoms with E-state index in [9.17, 15) is 22.6 Å². The van der Waals surface area contributed by atoms with Gasteiger partial charge in [0.25, 0.3) is 10.4 Å². The van der Waals surface area contributed by atoms with E-state index in [4.69, 9.17) is 32.5 Å². The maximum atomic E-state index is 13.1. The Labute approximate surface area is 253 Å². The van der Waals surface area contributed by atoms with E-state index in [0.717, 1.165) is 6.07 Å². The number of rotatable bonds is 13. The molecule has 0 atom stereocenters. The Morgan fingerprint density at radius 2 is 1.27 bits per heavy atom. The van der Waals surface area contributed by atoms with Gasteiger partial charge in [-0.3, -0.25) is 0 Å². The molecule has 0 unspecified atom stereocenters. The van der Waals surface area contributed by atoms with Crippen LogP contribution in [-0.2, 0) is 26.5 Å². The zero-order valence-corrected chi connectivity index (χ0v) is 26.1. The second kappa shape index (κ2) is 13.1. The van der Waals surface area contributed by atoms with Crippen molar-refractivity contribution in [2.24, 2.45) is 0 Å². The molecule has 0 saturated heterocycles. The summed E-state index contributed by atoms with van der Waals surface area (Å²) in [6.45, 7) is 11.8. The summed E-state index contributed by atoms with van der Waals surface area (Å²) < 4.78 is 78.9. The lowest BCUT2D eigenvalue weighted by molar-refractivity contribution is 0.0514. The number of aryl methyl sites for hydroxylation is 1. The third-order valence-electron chi connectivity index (χ3n) is 5.99. The molecule has 0 aliphatic carbocycles. The molecule has 4 aromatic rings. The molecule has 13 nitrogen and oxygen atoms in total. The van der Waals surface area contributed by atoms with E-state index >= 15 is 0 Å². The fraction of sp³-hybridized carbons (Fsp3) is 0.400. The van der Waals surface area contributed by atoms with Gasteiger partial charge in [0.15, 0.2) is 28.8 Å². The van der Waals surface area contributed by atoms with E-state index in [0.29, 0.717) is 22.5 Å². The Hall–Kier alpha value is -4.43. The van der Waals surface area contributed by atoms with Gasteiger partial charge in [-0.2, -0.15) is 0 Å². The van der Waals surface area contributed by atoms with Crippen molar-refractivity contribution in [3.63, 3.8) is 0 Å². The zero-order chi connectivity index (χ0) is 32.3. The van der Waals surface area contributed by atoms with Gasteiger partial charge in [0.05, 0.1) is 25.4 Å². The highest BCUT2D eigenvalue weighted by atomic mass is 32.3. The number of carbonyl (C=O) groups excluding carboxylic acids is 2. The van der Waals surface area contributed by atoms with Crippen LogP contribution in [0.15, 0.2) is 33.1 Å². The lowest BCUT2D eigenvalue weighted by Gasteiger charge is -2.16. The first-order chi connectivity index (χ1) is 20.7. The van der Waals surface area contributed by atoms with E-state index in [-0.39, 0.29) is 65.3 Å². The minimum atomic E-state index is -5.19. The molecule has 4 rings (SSSR count). The first-order valence-corrected chi connectivity index (χ1v) is 15.2. The predicted octanol–water partition coefficient (Wildman–Crippen LogP) is 5.83. The summed E-state index contributed by atoms with van der Waals surface area (Å²) in [4.78, 5) is 25.8. The second-order valence-electron chi connectivity index (χ2n) is 10.1. The van der Waals surface area contributed by atoms with Crippen LogP contribution in [-0.4, -0.2) is 50.3 Å². The average molecular weight is 634 g/mol. The quantitative estimate of drug-likeness (QED) is 0.0978. The van der Waals surface area contributed by atoms with Gasteiger partial charge >= 0.3 is 11.9 Å². The van der Waals surface area contributed by atoms with Crippen molar-refractivity contribution in [1.29, 1.82) is 0 Å². The first kappa shape index (κ1) is 32.5. The molecule has 0 N–H and O–H groups in total. The molecular formula is C30H33O13S-. The molecule has 44 heavy (non-hydrogen) atoms. The molecule has 14 heteroatoms. The van der Waals surface area contributed by atoms with Crippen LogP contribution in [0.4, 0.5) is 0 Å². The number of esters is 2. The van der Waals surface area contributed by atoms with E-state index in [1.807, 2.05) is 13.8 Å². The average Bonchev–Trinajstić information content (AvgIpc) is 3.41. The van der Waals surface area contributed by atoms with Crippen LogP contribution in [0.25, 0.3) is 21.9 Å². The van der Waals surface area contributed by atoms with Crippen LogP contribution >= 0.6 is 0 Å². The number of benzene rings is 2. The predicted molar refractivity (Wildman–Crippen MR) is 155 cm³/mol. The van der Waals surface area contributed by atoms with Gasteiger partial charge in [-0.25, -0.2) is 18.0 Å². The summed E-state index contributed by atoms with van der Waals surface area (Å²) in [6, 6.07) is 5.62. The van der Waals surface area contributed by atoms with Crippen LogP contribution < -0.4 is 18.4 Å². The van der Waals surface area contributed by atoms with Crippen molar-refractivity contribution < 1.29 is 59.3 Å². The molecule has 238 valence electrons. The first-order valence-electron chi connectivity index (χ1n) is 13.8. The molecule has 0 fully saturated rings. The van der Waals surface area contributed by atoms with Crippen molar-refractivity contribution in [1.82, 2.24) is 0 Å². The SMILES string of the molecule is CCOC(=O)c1c(C)oc2cc(OC(C)C)c(OCc3oc4cc(OC(C)C)c(OS(=O)(=O)[O-])cc4c3C(=O)OCC)cc12. The Bertz CT molecular complexity index is 1790. The minimum absolute atomic E-state index is 0.0145. The van der Waals surface area contributed by atoms with Crippen molar-refractivity contribution in [3.05, 3.63) is 46.9 Å². The highest BCUT2D eigenvalue weighted by Crippen LogP contribution is 2.41. The van der Waals surface area contributed by atoms with Gasteiger partial charge in [-0.15, -0.1) is 0 Å². The van der Waals surface area contributed by atoms with Crippen LogP contribution in [0.5, 0.6) is 23.0 Å². The maximum Gasteiger partial charge on any atom is 0.342 e. The minimum Gasteiger partial charge on any atom is -0.716 e. The van der Waals surface area contributed by atoms with Gasteiger partial charge in [0.2, 0.25) is 0 Å². The van der Waals surface area contributed by atoms with Gasteiger partial charge in [0.1, 0.15) is 34.7 Å². The largest absolute Gasteiger partial charge is 0.716 e. The Morgan fingerprint density at radius 1 is 0.773 bits per heavy atom. The van der Waals surface area contributed by atoms with Crippen molar-refractivity contribution in [2.75, 3.05) is 13.2 Å². The smallest absolute Gasteiger partial charge is 0.342 e. The second-order valence-corrected chi connectivity index (χ2v) is 11.1. The topological polar surface area (TPSA) is 173 Å². The number of fused-ring (bicyclic) bond motifs is 2. The number of ether oxygens (including phenoxy) is 5. The van der Waals surface area contributed by atoms with Crippen molar-refractivity contribution in [3.8, 4) is 23.0 Å². The molecule has 2 aromatic heterocycles. The summed E-state index contributed by atoms with van der Waals surface area (Å²) in [5, 5.41) is 0.527. The number of hydrogen-bond donors (Lipinski definition) is 0. The Balaban J connectivity index is 1.84. The normalized spacial score (nSPS) is 11.8. The summed E-state index contributed by atoms with van der Waals surface area (Å²) in [5.74, 6) is -1.00. The van der Waals surface area contributed by atoms with Crippen LogP contribution in [0.1, 0.15) is 73.8 Å². The molecule has 2 aromatic carbocycles. The third-order valence-corrected chi connectivity index (χ3v) is 6.38. The molecular weight excluding hydrogens is 600 g/mol. The van der Waals surface area contributed by atoms with E-state index in [1.54, 1.807) is 46.8 Å². The van der Waals surface area contributed by atoms with Crippen LogP contribution in [0, 0.1) is 6.92 Å². The van der Waals surface area contributed by atoms with Gasteiger partial charge < -0.3 is 41.3 Å². The molecule has 0 aliphatic heterocycles. The summed E-state index contributed by atoms with van der Waals surface area (Å²) >= 11 is 0. The lowest BCUT2D eigenvalue weighted by Crippen LogP contribution is -2.12. The van der Waals surface area contributed by atoms with E-state index in [2.05, 4.69) is 4.18 Å². The summed E-state index contributed by atoms with van der Waals surface area (Å²) in [6.07, 6.45) is -0.682. The van der Waals surface area contributed by atoms with Crippen LogP contribution in [0.3, 0.4) is 0 Å². The van der Waals surface area contributed by atoms with E-state index in [1.165, 1.54) is 6.07 Å². The zero-order valence-electron chi connectivity index (χ0n) is 25.3. The Kier molecular flexibility index (Phi) is 9.64.